The molecule has 0 aliphatic carbocycles. The number of aryl methyl sites for hydroxylation is 1. The van der Waals surface area contributed by atoms with E-state index in [-0.39, 0.29) is 5.56 Å². The van der Waals surface area contributed by atoms with Crippen LogP contribution in [0.1, 0.15) is 11.3 Å². The lowest BCUT2D eigenvalue weighted by Crippen LogP contribution is -2.29. The third kappa shape index (κ3) is 2.08. The van der Waals surface area contributed by atoms with E-state index in [1.165, 1.54) is 16.8 Å². The molecule has 2 rings (SSSR count). The fourth-order valence-corrected chi connectivity index (χ4v) is 1.41. The topological polar surface area (TPSA) is 67.8 Å². The number of aromatic amines is 1. The number of H-pyrrole nitrogens is 1. The molecule has 0 aliphatic rings. The Morgan fingerprint density at radius 2 is 2.19 bits per heavy atom. The first-order valence-electron chi connectivity index (χ1n) is 4.87. The van der Waals surface area contributed by atoms with Gasteiger partial charge in [-0.1, -0.05) is 6.07 Å². The van der Waals surface area contributed by atoms with Crippen LogP contribution in [0.15, 0.2) is 40.2 Å². The zero-order valence-corrected chi connectivity index (χ0v) is 8.80. The van der Waals surface area contributed by atoms with Gasteiger partial charge in [0.2, 0.25) is 0 Å². The highest BCUT2D eigenvalue weighted by Gasteiger charge is 2.01. The SMILES string of the molecule is Cc1cccnc1Cn1ccc(=O)[nH]c1=O. The van der Waals surface area contributed by atoms with Crippen molar-refractivity contribution in [1.29, 1.82) is 0 Å². The number of aromatic nitrogens is 3. The Bertz CT molecular complexity index is 613. The summed E-state index contributed by atoms with van der Waals surface area (Å²) in [7, 11) is 0. The van der Waals surface area contributed by atoms with Crippen LogP contribution in [0.4, 0.5) is 0 Å². The molecule has 5 nitrogen and oxygen atoms in total. The van der Waals surface area contributed by atoms with Crippen molar-refractivity contribution in [3.8, 4) is 0 Å². The molecular weight excluding hydrogens is 206 g/mol. The average molecular weight is 217 g/mol. The first kappa shape index (κ1) is 10.4. The molecule has 0 saturated heterocycles. The van der Waals surface area contributed by atoms with Gasteiger partial charge >= 0.3 is 5.69 Å². The molecule has 0 bridgehead atoms. The minimum atomic E-state index is -0.419. The Kier molecular flexibility index (Phi) is 2.68. The Morgan fingerprint density at radius 3 is 2.88 bits per heavy atom. The van der Waals surface area contributed by atoms with Gasteiger partial charge in [-0.15, -0.1) is 0 Å². The predicted molar refractivity (Wildman–Crippen MR) is 59.4 cm³/mol. The maximum absolute atomic E-state index is 11.4. The number of pyridine rings is 1. The van der Waals surface area contributed by atoms with E-state index in [9.17, 15) is 9.59 Å². The molecule has 2 aromatic rings. The average Bonchev–Trinajstić information content (AvgIpc) is 2.25. The lowest BCUT2D eigenvalue weighted by Gasteiger charge is -2.06. The summed E-state index contributed by atoms with van der Waals surface area (Å²) in [5.74, 6) is 0. The fourth-order valence-electron chi connectivity index (χ4n) is 1.41. The van der Waals surface area contributed by atoms with Crippen LogP contribution in [0.5, 0.6) is 0 Å². The van der Waals surface area contributed by atoms with Gasteiger partial charge in [0.05, 0.1) is 12.2 Å². The van der Waals surface area contributed by atoms with Crippen LogP contribution in [0, 0.1) is 6.92 Å². The van der Waals surface area contributed by atoms with Crippen molar-refractivity contribution in [2.45, 2.75) is 13.5 Å². The van der Waals surface area contributed by atoms with Crippen LogP contribution in [0.25, 0.3) is 0 Å². The van der Waals surface area contributed by atoms with Gasteiger partial charge in [-0.3, -0.25) is 19.3 Å². The van der Waals surface area contributed by atoms with Crippen molar-refractivity contribution in [3.63, 3.8) is 0 Å². The molecule has 0 aliphatic heterocycles. The summed E-state index contributed by atoms with van der Waals surface area (Å²) in [5.41, 5.74) is 1.02. The predicted octanol–water partition coefficient (Wildman–Crippen LogP) is 0.288. The smallest absolute Gasteiger partial charge is 0.295 e. The lowest BCUT2D eigenvalue weighted by molar-refractivity contribution is 0.701. The second-order valence-electron chi connectivity index (χ2n) is 3.51. The summed E-state index contributed by atoms with van der Waals surface area (Å²) in [4.78, 5) is 28.7. The number of hydrogen-bond donors (Lipinski definition) is 1. The Hall–Kier alpha value is -2.17. The number of rotatable bonds is 2. The summed E-state index contributed by atoms with van der Waals surface area (Å²) < 4.78 is 1.41. The molecule has 0 fully saturated rings. The first-order chi connectivity index (χ1) is 7.66. The minimum Gasteiger partial charge on any atom is -0.295 e. The molecule has 0 aromatic carbocycles. The fraction of sp³-hybridized carbons (Fsp3) is 0.182. The van der Waals surface area contributed by atoms with Crippen molar-refractivity contribution >= 4 is 0 Å². The van der Waals surface area contributed by atoms with Gasteiger partial charge in [0.15, 0.2) is 0 Å². The van der Waals surface area contributed by atoms with E-state index in [0.717, 1.165) is 11.3 Å². The molecule has 0 radical (unpaired) electrons. The van der Waals surface area contributed by atoms with E-state index >= 15 is 0 Å². The van der Waals surface area contributed by atoms with E-state index < -0.39 is 5.69 Å². The van der Waals surface area contributed by atoms with Crippen LogP contribution in [0.3, 0.4) is 0 Å². The minimum absolute atomic E-state index is 0.363. The van der Waals surface area contributed by atoms with Gasteiger partial charge in [-0.2, -0.15) is 0 Å². The van der Waals surface area contributed by atoms with Crippen molar-refractivity contribution in [2.75, 3.05) is 0 Å². The summed E-state index contributed by atoms with van der Waals surface area (Å²) in [5, 5.41) is 0. The van der Waals surface area contributed by atoms with Crippen LogP contribution in [0.2, 0.25) is 0 Å². The van der Waals surface area contributed by atoms with Gasteiger partial charge in [-0.05, 0) is 18.6 Å². The number of hydrogen-bond acceptors (Lipinski definition) is 3. The monoisotopic (exact) mass is 217 g/mol. The maximum atomic E-state index is 11.4. The lowest BCUT2D eigenvalue weighted by atomic mass is 10.2. The van der Waals surface area contributed by atoms with Crippen LogP contribution in [-0.2, 0) is 6.54 Å². The highest BCUT2D eigenvalue weighted by molar-refractivity contribution is 5.17. The summed E-state index contributed by atoms with van der Waals surface area (Å²) in [6.45, 7) is 2.29. The highest BCUT2D eigenvalue weighted by atomic mass is 16.2. The van der Waals surface area contributed by atoms with E-state index in [1.54, 1.807) is 6.20 Å². The van der Waals surface area contributed by atoms with Gasteiger partial charge in [0, 0.05) is 18.5 Å². The standard InChI is InChI=1S/C11H11N3O2/c1-8-3-2-5-12-9(8)7-14-6-4-10(15)13-11(14)16/h2-6H,7H2,1H3,(H,13,15,16). The van der Waals surface area contributed by atoms with Gasteiger partial charge in [0.25, 0.3) is 5.56 Å². The van der Waals surface area contributed by atoms with Crippen molar-refractivity contribution < 1.29 is 0 Å². The summed E-state index contributed by atoms with van der Waals surface area (Å²) >= 11 is 0. The number of nitrogens with zero attached hydrogens (tertiary/aromatic N) is 2. The molecule has 16 heavy (non-hydrogen) atoms. The van der Waals surface area contributed by atoms with Crippen molar-refractivity contribution in [1.82, 2.24) is 14.5 Å². The molecule has 5 heteroatoms. The van der Waals surface area contributed by atoms with E-state index in [2.05, 4.69) is 9.97 Å². The van der Waals surface area contributed by atoms with Crippen LogP contribution in [-0.4, -0.2) is 14.5 Å². The third-order valence-corrected chi connectivity index (χ3v) is 2.33. The van der Waals surface area contributed by atoms with Crippen LogP contribution >= 0.6 is 0 Å². The molecule has 0 saturated carbocycles. The van der Waals surface area contributed by atoms with E-state index in [4.69, 9.17) is 0 Å². The summed E-state index contributed by atoms with van der Waals surface area (Å²) in [6.07, 6.45) is 3.15. The van der Waals surface area contributed by atoms with Gasteiger partial charge < -0.3 is 0 Å². The first-order valence-corrected chi connectivity index (χ1v) is 4.87. The zero-order valence-electron chi connectivity index (χ0n) is 8.80. The Morgan fingerprint density at radius 1 is 1.38 bits per heavy atom. The van der Waals surface area contributed by atoms with E-state index in [1.807, 2.05) is 19.1 Å². The highest BCUT2D eigenvalue weighted by Crippen LogP contribution is 2.03. The van der Waals surface area contributed by atoms with Crippen LogP contribution < -0.4 is 11.2 Å². The second kappa shape index (κ2) is 4.14. The zero-order chi connectivity index (χ0) is 11.5. The second-order valence-corrected chi connectivity index (χ2v) is 3.51. The largest absolute Gasteiger partial charge is 0.328 e. The molecule has 0 atom stereocenters. The molecule has 1 N–H and O–H groups in total. The van der Waals surface area contributed by atoms with Gasteiger partial charge in [0.1, 0.15) is 0 Å². The van der Waals surface area contributed by atoms with E-state index in [0.29, 0.717) is 6.54 Å². The van der Waals surface area contributed by atoms with Crippen molar-refractivity contribution in [2.24, 2.45) is 0 Å². The molecular formula is C11H11N3O2. The maximum Gasteiger partial charge on any atom is 0.328 e. The molecule has 0 amide bonds. The van der Waals surface area contributed by atoms with Gasteiger partial charge in [-0.25, -0.2) is 4.79 Å². The molecule has 2 aromatic heterocycles. The number of nitrogens with one attached hydrogen (secondary N) is 1. The quantitative estimate of drug-likeness (QED) is 0.786. The molecule has 82 valence electrons. The summed E-state index contributed by atoms with van der Waals surface area (Å²) in [6, 6.07) is 5.09. The molecule has 2 heterocycles. The molecule has 0 spiro atoms. The Labute approximate surface area is 91.4 Å². The molecule has 0 unspecified atom stereocenters. The van der Waals surface area contributed by atoms with Crippen molar-refractivity contribution in [3.05, 3.63) is 62.7 Å². The normalized spacial score (nSPS) is 10.3. The third-order valence-electron chi connectivity index (χ3n) is 2.33. The Balaban J connectivity index is 2.38.